The minimum atomic E-state index is 0. The Balaban J connectivity index is 0.00000312. The molecule has 1 atom stereocenters. The third kappa shape index (κ3) is 7.68. The van der Waals surface area contributed by atoms with Gasteiger partial charge in [0.1, 0.15) is 0 Å². The second-order valence-corrected chi connectivity index (χ2v) is 6.83. The molecule has 7 heteroatoms. The van der Waals surface area contributed by atoms with E-state index >= 15 is 0 Å². The van der Waals surface area contributed by atoms with Gasteiger partial charge in [-0.25, -0.2) is 0 Å². The molecule has 5 nitrogen and oxygen atoms in total. The fourth-order valence-electron chi connectivity index (χ4n) is 2.91. The molecule has 1 heterocycles. The SMILES string of the molecule is CN=C(NCc1ccc(Cl)cc1)NCC(C(C)C)N1CCOCC1.I. The number of hydrogen-bond acceptors (Lipinski definition) is 3. The van der Waals surface area contributed by atoms with E-state index in [1.807, 2.05) is 24.3 Å². The van der Waals surface area contributed by atoms with Crippen LogP contribution in [-0.2, 0) is 11.3 Å². The molecule has 1 unspecified atom stereocenters. The van der Waals surface area contributed by atoms with Crippen LogP contribution in [0.2, 0.25) is 5.02 Å². The standard InChI is InChI=1S/C18H29ClN4O.HI/c1-14(2)17(23-8-10-24-11-9-23)13-22-18(20-3)21-12-15-4-6-16(19)7-5-15;/h4-7,14,17H,8-13H2,1-3H3,(H2,20,21,22);1H. The minimum absolute atomic E-state index is 0. The normalized spacial score (nSPS) is 17.1. The number of guanidine groups is 1. The summed E-state index contributed by atoms with van der Waals surface area (Å²) in [4.78, 5) is 6.83. The van der Waals surface area contributed by atoms with Crippen LogP contribution in [0.1, 0.15) is 19.4 Å². The van der Waals surface area contributed by atoms with Crippen molar-refractivity contribution in [3.05, 3.63) is 34.9 Å². The Morgan fingerprint density at radius 2 is 1.84 bits per heavy atom. The van der Waals surface area contributed by atoms with Crippen LogP contribution in [0.15, 0.2) is 29.3 Å². The molecule has 0 saturated carbocycles. The van der Waals surface area contributed by atoms with E-state index in [9.17, 15) is 0 Å². The lowest BCUT2D eigenvalue weighted by molar-refractivity contribution is 0.00752. The summed E-state index contributed by atoms with van der Waals surface area (Å²) in [5.74, 6) is 1.40. The first-order valence-corrected chi connectivity index (χ1v) is 8.98. The molecule has 2 rings (SSSR count). The van der Waals surface area contributed by atoms with Crippen LogP contribution in [0.4, 0.5) is 0 Å². The maximum Gasteiger partial charge on any atom is 0.191 e. The smallest absolute Gasteiger partial charge is 0.191 e. The summed E-state index contributed by atoms with van der Waals surface area (Å²) in [6.07, 6.45) is 0. The van der Waals surface area contributed by atoms with E-state index in [0.717, 1.165) is 50.4 Å². The van der Waals surface area contributed by atoms with E-state index in [4.69, 9.17) is 16.3 Å². The van der Waals surface area contributed by atoms with Crippen LogP contribution in [0, 0.1) is 5.92 Å². The van der Waals surface area contributed by atoms with E-state index in [2.05, 4.69) is 34.4 Å². The molecule has 142 valence electrons. The van der Waals surface area contributed by atoms with E-state index in [1.165, 1.54) is 5.56 Å². The summed E-state index contributed by atoms with van der Waals surface area (Å²) in [6.45, 7) is 9.79. The zero-order valence-electron chi connectivity index (χ0n) is 15.3. The van der Waals surface area contributed by atoms with Crippen molar-refractivity contribution in [3.63, 3.8) is 0 Å². The fraction of sp³-hybridized carbons (Fsp3) is 0.611. The highest BCUT2D eigenvalue weighted by molar-refractivity contribution is 14.0. The average Bonchev–Trinajstić information content (AvgIpc) is 2.60. The average molecular weight is 481 g/mol. The minimum Gasteiger partial charge on any atom is -0.379 e. The van der Waals surface area contributed by atoms with Gasteiger partial charge >= 0.3 is 0 Å². The predicted molar refractivity (Wildman–Crippen MR) is 116 cm³/mol. The van der Waals surface area contributed by atoms with Gasteiger partial charge in [0.25, 0.3) is 0 Å². The second-order valence-electron chi connectivity index (χ2n) is 6.39. The molecule has 1 saturated heterocycles. The van der Waals surface area contributed by atoms with Gasteiger partial charge in [0.05, 0.1) is 13.2 Å². The van der Waals surface area contributed by atoms with Crippen molar-refractivity contribution in [3.8, 4) is 0 Å². The third-order valence-corrected chi connectivity index (χ3v) is 4.61. The number of hydrogen-bond donors (Lipinski definition) is 2. The Bertz CT molecular complexity index is 518. The van der Waals surface area contributed by atoms with Gasteiger partial charge in [-0.2, -0.15) is 0 Å². The van der Waals surface area contributed by atoms with E-state index in [-0.39, 0.29) is 24.0 Å². The Labute approximate surface area is 173 Å². The van der Waals surface area contributed by atoms with Gasteiger partial charge in [0.2, 0.25) is 0 Å². The van der Waals surface area contributed by atoms with Crippen LogP contribution in [0.5, 0.6) is 0 Å². The molecule has 1 aliphatic rings. The Morgan fingerprint density at radius 3 is 2.40 bits per heavy atom. The molecule has 0 spiro atoms. The van der Waals surface area contributed by atoms with Gasteiger partial charge in [-0.1, -0.05) is 37.6 Å². The van der Waals surface area contributed by atoms with Crippen molar-refractivity contribution in [2.75, 3.05) is 39.9 Å². The Morgan fingerprint density at radius 1 is 1.20 bits per heavy atom. The van der Waals surface area contributed by atoms with Gasteiger partial charge in [0, 0.05) is 44.3 Å². The zero-order chi connectivity index (χ0) is 17.4. The molecule has 0 radical (unpaired) electrons. The van der Waals surface area contributed by atoms with Crippen LogP contribution in [0.25, 0.3) is 0 Å². The summed E-state index contributed by atoms with van der Waals surface area (Å²) in [7, 11) is 1.80. The molecule has 1 aliphatic heterocycles. The summed E-state index contributed by atoms with van der Waals surface area (Å²) in [5, 5.41) is 7.57. The molecule has 1 aromatic carbocycles. The van der Waals surface area contributed by atoms with Crippen molar-refractivity contribution in [1.82, 2.24) is 15.5 Å². The number of benzene rings is 1. The molecule has 0 aromatic heterocycles. The lowest BCUT2D eigenvalue weighted by Gasteiger charge is -2.37. The number of morpholine rings is 1. The van der Waals surface area contributed by atoms with Gasteiger partial charge in [-0.3, -0.25) is 9.89 Å². The number of halogens is 2. The molecular formula is C18H30ClIN4O. The van der Waals surface area contributed by atoms with Gasteiger partial charge in [-0.15, -0.1) is 24.0 Å². The van der Waals surface area contributed by atoms with Crippen LogP contribution >= 0.6 is 35.6 Å². The van der Waals surface area contributed by atoms with Crippen LogP contribution < -0.4 is 10.6 Å². The molecule has 1 fully saturated rings. The molecule has 0 bridgehead atoms. The number of nitrogens with zero attached hydrogens (tertiary/aromatic N) is 2. The second kappa shape index (κ2) is 11.9. The van der Waals surface area contributed by atoms with Gasteiger partial charge < -0.3 is 15.4 Å². The highest BCUT2D eigenvalue weighted by atomic mass is 127. The summed E-state index contributed by atoms with van der Waals surface area (Å²) in [5.41, 5.74) is 1.18. The van der Waals surface area contributed by atoms with Crippen molar-refractivity contribution in [2.45, 2.75) is 26.4 Å². The van der Waals surface area contributed by atoms with Crippen molar-refractivity contribution >= 4 is 41.5 Å². The number of aliphatic imine (C=N–C) groups is 1. The summed E-state index contributed by atoms with van der Waals surface area (Å²) < 4.78 is 5.46. The topological polar surface area (TPSA) is 48.9 Å². The first-order valence-electron chi connectivity index (χ1n) is 8.61. The summed E-state index contributed by atoms with van der Waals surface area (Å²) in [6, 6.07) is 8.33. The van der Waals surface area contributed by atoms with Crippen molar-refractivity contribution in [1.29, 1.82) is 0 Å². The Kier molecular flexibility index (Phi) is 10.7. The largest absolute Gasteiger partial charge is 0.379 e. The van der Waals surface area contributed by atoms with Crippen molar-refractivity contribution < 1.29 is 4.74 Å². The van der Waals surface area contributed by atoms with E-state index < -0.39 is 0 Å². The van der Waals surface area contributed by atoms with Gasteiger partial charge in [0.15, 0.2) is 5.96 Å². The van der Waals surface area contributed by atoms with Crippen LogP contribution in [-0.4, -0.2) is 56.8 Å². The molecule has 1 aromatic rings. The fourth-order valence-corrected chi connectivity index (χ4v) is 3.03. The highest BCUT2D eigenvalue weighted by Gasteiger charge is 2.23. The number of ether oxygens (including phenoxy) is 1. The van der Waals surface area contributed by atoms with E-state index in [1.54, 1.807) is 7.05 Å². The zero-order valence-corrected chi connectivity index (χ0v) is 18.4. The maximum atomic E-state index is 5.92. The predicted octanol–water partition coefficient (Wildman–Crippen LogP) is 2.98. The first-order chi connectivity index (χ1) is 11.6. The molecule has 25 heavy (non-hydrogen) atoms. The third-order valence-electron chi connectivity index (χ3n) is 4.36. The van der Waals surface area contributed by atoms with Gasteiger partial charge in [-0.05, 0) is 23.6 Å². The van der Waals surface area contributed by atoms with Crippen molar-refractivity contribution in [2.24, 2.45) is 10.9 Å². The highest BCUT2D eigenvalue weighted by Crippen LogP contribution is 2.12. The number of rotatable bonds is 6. The summed E-state index contributed by atoms with van der Waals surface area (Å²) >= 11 is 5.92. The lowest BCUT2D eigenvalue weighted by atomic mass is 10.0. The number of nitrogens with one attached hydrogen (secondary N) is 2. The molecule has 2 N–H and O–H groups in total. The van der Waals surface area contributed by atoms with E-state index in [0.29, 0.717) is 12.0 Å². The maximum absolute atomic E-state index is 5.92. The Hall–Kier alpha value is -0.570. The molecule has 0 amide bonds. The molecule has 0 aliphatic carbocycles. The lowest BCUT2D eigenvalue weighted by Crippen LogP contribution is -2.52. The molecular weight excluding hydrogens is 451 g/mol. The first kappa shape index (κ1) is 22.5. The monoisotopic (exact) mass is 480 g/mol. The quantitative estimate of drug-likeness (QED) is 0.373. The van der Waals surface area contributed by atoms with Crippen LogP contribution in [0.3, 0.4) is 0 Å².